The number of carbonyl (C=O) groups excluding carboxylic acids is 1. The van der Waals surface area contributed by atoms with Gasteiger partial charge in [-0.05, 0) is 44.6 Å². The Morgan fingerprint density at radius 3 is 2.40 bits per heavy atom. The van der Waals surface area contributed by atoms with E-state index in [1.807, 2.05) is 0 Å². The lowest BCUT2D eigenvalue weighted by Crippen LogP contribution is -2.57. The highest BCUT2D eigenvalue weighted by Crippen LogP contribution is 2.33. The summed E-state index contributed by atoms with van der Waals surface area (Å²) in [5, 5.41) is 3.35. The first kappa shape index (κ1) is 12.5. The quantitative estimate of drug-likeness (QED) is 0.730. The topological polar surface area (TPSA) is 55.1 Å². The first-order chi connectivity index (χ1) is 7.14. The summed E-state index contributed by atoms with van der Waals surface area (Å²) in [4.78, 5) is 11.5. The van der Waals surface area contributed by atoms with E-state index in [9.17, 15) is 4.79 Å². The molecule has 0 unspecified atom stereocenters. The molecule has 1 aliphatic carbocycles. The van der Waals surface area contributed by atoms with Crippen molar-refractivity contribution in [2.24, 2.45) is 11.7 Å². The molecule has 0 radical (unpaired) electrons. The van der Waals surface area contributed by atoms with E-state index in [0.717, 1.165) is 44.6 Å². The van der Waals surface area contributed by atoms with E-state index in [1.165, 1.54) is 6.42 Å². The van der Waals surface area contributed by atoms with Crippen LogP contribution in [-0.2, 0) is 4.79 Å². The highest BCUT2D eigenvalue weighted by molar-refractivity contribution is 5.84. The number of primary amides is 1. The molecule has 3 nitrogen and oxygen atoms in total. The zero-order valence-electron chi connectivity index (χ0n) is 10.0. The highest BCUT2D eigenvalue weighted by atomic mass is 16.1. The molecule has 88 valence electrons. The zero-order chi connectivity index (χ0) is 11.3. The van der Waals surface area contributed by atoms with Crippen molar-refractivity contribution in [2.45, 2.75) is 57.9 Å². The van der Waals surface area contributed by atoms with Gasteiger partial charge < -0.3 is 11.1 Å². The summed E-state index contributed by atoms with van der Waals surface area (Å²) in [7, 11) is 0. The third-order valence-corrected chi connectivity index (χ3v) is 3.72. The molecule has 3 N–H and O–H groups in total. The minimum Gasteiger partial charge on any atom is -0.368 e. The molecule has 1 aliphatic rings. The van der Waals surface area contributed by atoms with Crippen molar-refractivity contribution in [2.75, 3.05) is 6.54 Å². The van der Waals surface area contributed by atoms with Crippen LogP contribution in [0.25, 0.3) is 0 Å². The molecule has 1 saturated carbocycles. The largest absolute Gasteiger partial charge is 0.368 e. The van der Waals surface area contributed by atoms with Crippen LogP contribution in [0.5, 0.6) is 0 Å². The molecule has 3 heteroatoms. The van der Waals surface area contributed by atoms with E-state index in [4.69, 9.17) is 5.73 Å². The van der Waals surface area contributed by atoms with Crippen molar-refractivity contribution in [1.82, 2.24) is 5.32 Å². The first-order valence-electron chi connectivity index (χ1n) is 6.19. The molecule has 1 amide bonds. The van der Waals surface area contributed by atoms with Crippen molar-refractivity contribution in [3.05, 3.63) is 0 Å². The highest BCUT2D eigenvalue weighted by Gasteiger charge is 2.39. The number of carbonyl (C=O) groups is 1. The van der Waals surface area contributed by atoms with E-state index in [-0.39, 0.29) is 5.91 Å². The maximum Gasteiger partial charge on any atom is 0.237 e. The van der Waals surface area contributed by atoms with Crippen LogP contribution in [0.15, 0.2) is 0 Å². The summed E-state index contributed by atoms with van der Waals surface area (Å²) >= 11 is 0. The maximum atomic E-state index is 11.5. The minimum atomic E-state index is -0.401. The Bertz CT molecular complexity index is 208. The Labute approximate surface area is 92.8 Å². The average molecular weight is 212 g/mol. The smallest absolute Gasteiger partial charge is 0.237 e. The molecule has 0 bridgehead atoms. The Balaban J connectivity index is 2.56. The summed E-state index contributed by atoms with van der Waals surface area (Å²) in [5.74, 6) is 0.631. The molecule has 0 heterocycles. The van der Waals surface area contributed by atoms with Gasteiger partial charge in [0.05, 0.1) is 5.54 Å². The lowest BCUT2D eigenvalue weighted by molar-refractivity contribution is -0.126. The molecule has 15 heavy (non-hydrogen) atoms. The fourth-order valence-corrected chi connectivity index (χ4v) is 2.45. The van der Waals surface area contributed by atoms with Gasteiger partial charge in [-0.1, -0.05) is 20.3 Å². The number of hydrogen-bond acceptors (Lipinski definition) is 2. The second-order valence-electron chi connectivity index (χ2n) is 4.72. The Hall–Kier alpha value is -0.570. The van der Waals surface area contributed by atoms with E-state index in [2.05, 4.69) is 19.2 Å². The van der Waals surface area contributed by atoms with Gasteiger partial charge in [-0.2, -0.15) is 0 Å². The van der Waals surface area contributed by atoms with Crippen molar-refractivity contribution in [3.63, 3.8) is 0 Å². The normalized spacial score (nSPS) is 31.5. The van der Waals surface area contributed by atoms with Crippen LogP contribution >= 0.6 is 0 Å². The summed E-state index contributed by atoms with van der Waals surface area (Å²) in [6.45, 7) is 5.22. The number of rotatable bonds is 5. The lowest BCUT2D eigenvalue weighted by atomic mass is 9.75. The summed E-state index contributed by atoms with van der Waals surface area (Å²) in [5.41, 5.74) is 5.13. The molecule has 0 saturated heterocycles. The number of hydrogen-bond donors (Lipinski definition) is 2. The van der Waals surface area contributed by atoms with Gasteiger partial charge in [-0.15, -0.1) is 0 Å². The standard InChI is InChI=1S/C12H24N2O/c1-3-9-14-12(11(13)15)7-5-10(4-2)6-8-12/h10,14H,3-9H2,1-2H3,(H2,13,15). The van der Waals surface area contributed by atoms with Crippen LogP contribution in [0.1, 0.15) is 52.4 Å². The summed E-state index contributed by atoms with van der Waals surface area (Å²) in [6.07, 6.45) is 6.38. The van der Waals surface area contributed by atoms with Crippen molar-refractivity contribution >= 4 is 5.91 Å². The number of nitrogens with one attached hydrogen (secondary N) is 1. The predicted octanol–water partition coefficient (Wildman–Crippen LogP) is 1.81. The van der Waals surface area contributed by atoms with Gasteiger partial charge >= 0.3 is 0 Å². The second kappa shape index (κ2) is 5.50. The van der Waals surface area contributed by atoms with E-state index in [1.54, 1.807) is 0 Å². The maximum absolute atomic E-state index is 11.5. The monoisotopic (exact) mass is 212 g/mol. The number of amides is 1. The van der Waals surface area contributed by atoms with Crippen LogP contribution in [0.2, 0.25) is 0 Å². The van der Waals surface area contributed by atoms with Crippen molar-refractivity contribution in [1.29, 1.82) is 0 Å². The van der Waals surface area contributed by atoms with Gasteiger partial charge in [0, 0.05) is 0 Å². The van der Waals surface area contributed by atoms with Crippen LogP contribution in [0, 0.1) is 5.92 Å². The van der Waals surface area contributed by atoms with E-state index in [0.29, 0.717) is 0 Å². The van der Waals surface area contributed by atoms with Gasteiger partial charge in [0.2, 0.25) is 5.91 Å². The molecular weight excluding hydrogens is 188 g/mol. The third-order valence-electron chi connectivity index (χ3n) is 3.72. The zero-order valence-corrected chi connectivity index (χ0v) is 10.0. The van der Waals surface area contributed by atoms with Crippen LogP contribution < -0.4 is 11.1 Å². The van der Waals surface area contributed by atoms with Crippen LogP contribution in [-0.4, -0.2) is 18.0 Å². The molecule has 0 spiro atoms. The molecule has 1 rings (SSSR count). The van der Waals surface area contributed by atoms with Gasteiger partial charge in [0.1, 0.15) is 0 Å². The van der Waals surface area contributed by atoms with Crippen LogP contribution in [0.4, 0.5) is 0 Å². The van der Waals surface area contributed by atoms with Crippen molar-refractivity contribution < 1.29 is 4.79 Å². The van der Waals surface area contributed by atoms with Crippen LogP contribution in [0.3, 0.4) is 0 Å². The fourth-order valence-electron chi connectivity index (χ4n) is 2.45. The SMILES string of the molecule is CCCNC1(C(N)=O)CCC(CC)CC1. The summed E-state index contributed by atoms with van der Waals surface area (Å²) < 4.78 is 0. The van der Waals surface area contributed by atoms with E-state index < -0.39 is 5.54 Å². The molecule has 0 atom stereocenters. The molecular formula is C12H24N2O. The predicted molar refractivity (Wildman–Crippen MR) is 62.5 cm³/mol. The third kappa shape index (κ3) is 2.94. The summed E-state index contributed by atoms with van der Waals surface area (Å²) in [6, 6.07) is 0. The second-order valence-corrected chi connectivity index (χ2v) is 4.72. The van der Waals surface area contributed by atoms with Gasteiger partial charge in [-0.3, -0.25) is 4.79 Å². The number of nitrogens with two attached hydrogens (primary N) is 1. The molecule has 0 aromatic carbocycles. The average Bonchev–Trinajstić information content (AvgIpc) is 2.27. The Morgan fingerprint density at radius 2 is 2.00 bits per heavy atom. The molecule has 1 fully saturated rings. The Morgan fingerprint density at radius 1 is 1.40 bits per heavy atom. The minimum absolute atomic E-state index is 0.162. The first-order valence-corrected chi connectivity index (χ1v) is 6.19. The Kier molecular flexibility index (Phi) is 4.58. The lowest BCUT2D eigenvalue weighted by Gasteiger charge is -2.38. The van der Waals surface area contributed by atoms with E-state index >= 15 is 0 Å². The fraction of sp³-hybridized carbons (Fsp3) is 0.917. The molecule has 0 aromatic rings. The van der Waals surface area contributed by atoms with Gasteiger partial charge in [0.25, 0.3) is 0 Å². The van der Waals surface area contributed by atoms with Gasteiger partial charge in [-0.25, -0.2) is 0 Å². The molecule has 0 aromatic heterocycles. The molecule has 0 aliphatic heterocycles. The van der Waals surface area contributed by atoms with Crippen molar-refractivity contribution in [3.8, 4) is 0 Å². The van der Waals surface area contributed by atoms with Gasteiger partial charge in [0.15, 0.2) is 0 Å².